The number of benzene rings is 1. The van der Waals surface area contributed by atoms with Crippen LogP contribution in [0.4, 0.5) is 5.69 Å². The van der Waals surface area contributed by atoms with Crippen LogP contribution < -0.4 is 4.74 Å². The van der Waals surface area contributed by atoms with Crippen LogP contribution in [0.5, 0.6) is 5.75 Å². The maximum Gasteiger partial charge on any atom is 0.145 e. The van der Waals surface area contributed by atoms with Crippen molar-refractivity contribution in [2.75, 3.05) is 7.11 Å². The molecule has 0 spiro atoms. The molecular formula is C13H13NO2. The van der Waals surface area contributed by atoms with Crippen molar-refractivity contribution in [2.24, 2.45) is 4.99 Å². The molecule has 0 N–H and O–H groups in total. The molecule has 3 nitrogen and oxygen atoms in total. The fraction of sp³-hybridized carbons (Fsp3) is 0.154. The van der Waals surface area contributed by atoms with Crippen LogP contribution in [-0.4, -0.2) is 13.3 Å². The average Bonchev–Trinajstić information content (AvgIpc) is 2.73. The number of hydrogen-bond acceptors (Lipinski definition) is 3. The van der Waals surface area contributed by atoms with Crippen molar-refractivity contribution in [3.05, 3.63) is 47.9 Å². The highest BCUT2D eigenvalue weighted by atomic mass is 16.5. The Hall–Kier alpha value is -2.03. The summed E-state index contributed by atoms with van der Waals surface area (Å²) in [5.41, 5.74) is 0.870. The molecule has 0 aliphatic rings. The Bertz CT molecular complexity index is 483. The summed E-state index contributed by atoms with van der Waals surface area (Å²) in [5, 5.41) is 0. The van der Waals surface area contributed by atoms with E-state index in [1.807, 2.05) is 43.3 Å². The molecule has 16 heavy (non-hydrogen) atoms. The summed E-state index contributed by atoms with van der Waals surface area (Å²) in [5.74, 6) is 2.47. The third-order valence-electron chi connectivity index (χ3n) is 2.17. The lowest BCUT2D eigenvalue weighted by Crippen LogP contribution is -1.80. The van der Waals surface area contributed by atoms with Gasteiger partial charge in [-0.05, 0) is 43.3 Å². The monoisotopic (exact) mass is 215 g/mol. The molecule has 0 saturated carbocycles. The molecule has 0 radical (unpaired) electrons. The van der Waals surface area contributed by atoms with E-state index in [0.29, 0.717) is 0 Å². The summed E-state index contributed by atoms with van der Waals surface area (Å²) in [6.45, 7) is 1.91. The lowest BCUT2D eigenvalue weighted by atomic mass is 10.3. The molecule has 0 aliphatic carbocycles. The minimum absolute atomic E-state index is 0.758. The number of aryl methyl sites for hydroxylation is 1. The Labute approximate surface area is 94.4 Å². The summed E-state index contributed by atoms with van der Waals surface area (Å²) in [7, 11) is 1.64. The molecule has 0 amide bonds. The number of hydrogen-bond donors (Lipinski definition) is 0. The second-order valence-corrected chi connectivity index (χ2v) is 3.40. The maximum absolute atomic E-state index is 5.38. The molecule has 82 valence electrons. The van der Waals surface area contributed by atoms with Gasteiger partial charge in [-0.15, -0.1) is 0 Å². The van der Waals surface area contributed by atoms with Crippen LogP contribution in [0.1, 0.15) is 11.5 Å². The van der Waals surface area contributed by atoms with Crippen LogP contribution in [0.3, 0.4) is 0 Å². The first-order valence-electron chi connectivity index (χ1n) is 5.02. The quantitative estimate of drug-likeness (QED) is 0.736. The molecule has 2 rings (SSSR count). The molecule has 0 saturated heterocycles. The number of rotatable bonds is 3. The average molecular weight is 215 g/mol. The van der Waals surface area contributed by atoms with E-state index in [1.54, 1.807) is 13.3 Å². The third-order valence-corrected chi connectivity index (χ3v) is 2.17. The van der Waals surface area contributed by atoms with Gasteiger partial charge in [-0.2, -0.15) is 0 Å². The van der Waals surface area contributed by atoms with E-state index in [2.05, 4.69) is 4.99 Å². The fourth-order valence-corrected chi connectivity index (χ4v) is 1.33. The van der Waals surface area contributed by atoms with E-state index in [0.717, 1.165) is 23.0 Å². The Morgan fingerprint density at radius 2 is 1.88 bits per heavy atom. The van der Waals surface area contributed by atoms with Gasteiger partial charge in [0.1, 0.15) is 17.3 Å². The van der Waals surface area contributed by atoms with Crippen molar-refractivity contribution in [3.63, 3.8) is 0 Å². The normalized spacial score (nSPS) is 10.9. The molecule has 0 aliphatic heterocycles. The van der Waals surface area contributed by atoms with Gasteiger partial charge >= 0.3 is 0 Å². The number of ether oxygens (including phenoxy) is 1. The Morgan fingerprint density at radius 3 is 2.44 bits per heavy atom. The van der Waals surface area contributed by atoms with E-state index in [1.165, 1.54) is 0 Å². The smallest absolute Gasteiger partial charge is 0.145 e. The van der Waals surface area contributed by atoms with Crippen LogP contribution >= 0.6 is 0 Å². The summed E-state index contributed by atoms with van der Waals surface area (Å²) in [6.07, 6.45) is 1.70. The summed E-state index contributed by atoms with van der Waals surface area (Å²) >= 11 is 0. The first-order chi connectivity index (χ1) is 7.78. The van der Waals surface area contributed by atoms with Crippen molar-refractivity contribution in [2.45, 2.75) is 6.92 Å². The van der Waals surface area contributed by atoms with E-state index in [-0.39, 0.29) is 0 Å². The lowest BCUT2D eigenvalue weighted by Gasteiger charge is -1.98. The largest absolute Gasteiger partial charge is 0.497 e. The van der Waals surface area contributed by atoms with Crippen molar-refractivity contribution < 1.29 is 9.15 Å². The fourth-order valence-electron chi connectivity index (χ4n) is 1.33. The summed E-state index contributed by atoms with van der Waals surface area (Å²) in [4.78, 5) is 4.29. The van der Waals surface area contributed by atoms with Gasteiger partial charge < -0.3 is 9.15 Å². The Kier molecular flexibility index (Phi) is 3.05. The molecule has 0 bridgehead atoms. The lowest BCUT2D eigenvalue weighted by molar-refractivity contribution is 0.415. The van der Waals surface area contributed by atoms with E-state index < -0.39 is 0 Å². The summed E-state index contributed by atoms with van der Waals surface area (Å²) < 4.78 is 10.4. The van der Waals surface area contributed by atoms with Crippen LogP contribution in [0.25, 0.3) is 0 Å². The highest BCUT2D eigenvalue weighted by molar-refractivity contribution is 5.78. The zero-order valence-corrected chi connectivity index (χ0v) is 9.31. The zero-order chi connectivity index (χ0) is 11.4. The summed E-state index contributed by atoms with van der Waals surface area (Å²) in [6, 6.07) is 11.3. The second kappa shape index (κ2) is 4.66. The highest BCUT2D eigenvalue weighted by Crippen LogP contribution is 2.17. The SMILES string of the molecule is COc1ccc(N=Cc2ccc(C)o2)cc1. The highest BCUT2D eigenvalue weighted by Gasteiger charge is 1.94. The molecule has 0 atom stereocenters. The topological polar surface area (TPSA) is 34.7 Å². The van der Waals surface area contributed by atoms with Crippen LogP contribution in [0.15, 0.2) is 45.8 Å². The van der Waals surface area contributed by atoms with Gasteiger partial charge in [0.25, 0.3) is 0 Å². The predicted molar refractivity (Wildman–Crippen MR) is 63.7 cm³/mol. The van der Waals surface area contributed by atoms with E-state index in [9.17, 15) is 0 Å². The van der Waals surface area contributed by atoms with Gasteiger partial charge in [-0.1, -0.05) is 0 Å². The maximum atomic E-state index is 5.38. The second-order valence-electron chi connectivity index (χ2n) is 3.40. The van der Waals surface area contributed by atoms with Gasteiger partial charge in [0.15, 0.2) is 0 Å². The first-order valence-corrected chi connectivity index (χ1v) is 5.02. The third kappa shape index (κ3) is 2.51. The van der Waals surface area contributed by atoms with E-state index in [4.69, 9.17) is 9.15 Å². The van der Waals surface area contributed by atoms with Crippen molar-refractivity contribution >= 4 is 11.9 Å². The van der Waals surface area contributed by atoms with Gasteiger partial charge in [0.05, 0.1) is 19.0 Å². The number of nitrogens with zero attached hydrogens (tertiary/aromatic N) is 1. The van der Waals surface area contributed by atoms with Crippen LogP contribution in [-0.2, 0) is 0 Å². The van der Waals surface area contributed by atoms with Crippen molar-refractivity contribution in [3.8, 4) is 5.75 Å². The predicted octanol–water partition coefficient (Wildman–Crippen LogP) is 3.35. The number of aliphatic imine (C=N–C) groups is 1. The Morgan fingerprint density at radius 1 is 1.12 bits per heavy atom. The standard InChI is InChI=1S/C13H13NO2/c1-10-3-6-13(16-10)9-14-11-4-7-12(15-2)8-5-11/h3-9H,1-2H3. The molecule has 1 heterocycles. The van der Waals surface area contributed by atoms with Crippen LogP contribution in [0.2, 0.25) is 0 Å². The number of furan rings is 1. The molecule has 1 aromatic carbocycles. The van der Waals surface area contributed by atoms with Gasteiger partial charge in [-0.25, -0.2) is 0 Å². The van der Waals surface area contributed by atoms with Gasteiger partial charge in [-0.3, -0.25) is 4.99 Å². The molecule has 0 fully saturated rings. The van der Waals surface area contributed by atoms with Crippen LogP contribution in [0, 0.1) is 6.92 Å². The minimum Gasteiger partial charge on any atom is -0.497 e. The minimum atomic E-state index is 0.758. The van der Waals surface area contributed by atoms with Crippen molar-refractivity contribution in [1.82, 2.24) is 0 Å². The number of methoxy groups -OCH3 is 1. The zero-order valence-electron chi connectivity index (χ0n) is 9.31. The van der Waals surface area contributed by atoms with Gasteiger partial charge in [0.2, 0.25) is 0 Å². The first kappa shape index (κ1) is 10.5. The molecule has 3 heteroatoms. The molecular weight excluding hydrogens is 202 g/mol. The van der Waals surface area contributed by atoms with E-state index >= 15 is 0 Å². The molecule has 0 unspecified atom stereocenters. The molecule has 2 aromatic rings. The molecule has 1 aromatic heterocycles. The van der Waals surface area contributed by atoms with Crippen molar-refractivity contribution in [1.29, 1.82) is 0 Å². The Balaban J connectivity index is 2.11. The van der Waals surface area contributed by atoms with Gasteiger partial charge in [0, 0.05) is 0 Å².